The molecule has 4 heteroatoms. The molecule has 2 N–H and O–H groups in total. The number of hydrogen-bond acceptors (Lipinski definition) is 2. The van der Waals surface area contributed by atoms with Gasteiger partial charge in [0.1, 0.15) is 0 Å². The molecule has 1 aliphatic heterocycles. The molecule has 25 heavy (non-hydrogen) atoms. The summed E-state index contributed by atoms with van der Waals surface area (Å²) in [7, 11) is 0. The summed E-state index contributed by atoms with van der Waals surface area (Å²) in [6, 6.07) is 6.53. The molecule has 1 fully saturated rings. The number of likely N-dealkylation sites (tertiary alicyclic amines) is 1. The summed E-state index contributed by atoms with van der Waals surface area (Å²) < 4.78 is 0. The number of carbonyl (C=O) groups excluding carboxylic acids is 1. The number of hydrogen-bond donors (Lipinski definition) is 2. The summed E-state index contributed by atoms with van der Waals surface area (Å²) in [4.78, 5) is 18.6. The van der Waals surface area contributed by atoms with E-state index in [1.54, 1.807) is 0 Å². The average Bonchev–Trinajstić information content (AvgIpc) is 2.92. The van der Waals surface area contributed by atoms with Gasteiger partial charge in [0.05, 0.1) is 6.42 Å². The Morgan fingerprint density at radius 3 is 2.72 bits per heavy atom. The van der Waals surface area contributed by atoms with E-state index in [0.29, 0.717) is 6.42 Å². The molecule has 0 spiro atoms. The van der Waals surface area contributed by atoms with E-state index < -0.39 is 0 Å². The average molecular weight is 341 g/mol. The number of aromatic nitrogens is 1. The van der Waals surface area contributed by atoms with E-state index in [1.165, 1.54) is 43.3 Å². The van der Waals surface area contributed by atoms with Crippen LogP contribution in [-0.4, -0.2) is 41.5 Å². The van der Waals surface area contributed by atoms with Crippen molar-refractivity contribution < 1.29 is 4.79 Å². The van der Waals surface area contributed by atoms with Gasteiger partial charge in [0, 0.05) is 29.2 Å². The van der Waals surface area contributed by atoms with E-state index in [0.717, 1.165) is 29.7 Å². The van der Waals surface area contributed by atoms with Gasteiger partial charge in [-0.2, -0.15) is 0 Å². The number of para-hydroxylation sites is 1. The first-order valence-electron chi connectivity index (χ1n) is 9.67. The second kappa shape index (κ2) is 8.05. The third-order valence-corrected chi connectivity index (χ3v) is 5.49. The monoisotopic (exact) mass is 341 g/mol. The van der Waals surface area contributed by atoms with Gasteiger partial charge in [-0.25, -0.2) is 0 Å². The van der Waals surface area contributed by atoms with Gasteiger partial charge in [-0.3, -0.25) is 4.79 Å². The molecule has 1 saturated heterocycles. The maximum absolute atomic E-state index is 12.7. The van der Waals surface area contributed by atoms with E-state index in [1.807, 2.05) is 0 Å². The second-order valence-electron chi connectivity index (χ2n) is 7.44. The van der Waals surface area contributed by atoms with Crippen molar-refractivity contribution in [1.82, 2.24) is 15.2 Å². The maximum Gasteiger partial charge on any atom is 0.224 e. The van der Waals surface area contributed by atoms with Gasteiger partial charge in [-0.05, 0) is 57.3 Å². The Labute approximate surface area is 151 Å². The van der Waals surface area contributed by atoms with Gasteiger partial charge in [0.2, 0.25) is 5.91 Å². The topological polar surface area (TPSA) is 48.1 Å². The molecular weight excluding hydrogens is 310 g/mol. The van der Waals surface area contributed by atoms with Crippen LogP contribution in [-0.2, 0) is 11.2 Å². The van der Waals surface area contributed by atoms with E-state index in [9.17, 15) is 4.79 Å². The summed E-state index contributed by atoms with van der Waals surface area (Å²) >= 11 is 0. The first-order chi connectivity index (χ1) is 12.1. The number of amides is 1. The summed E-state index contributed by atoms with van der Waals surface area (Å²) in [6.45, 7) is 9.66. The predicted octanol–water partition coefficient (Wildman–Crippen LogP) is 3.71. The number of rotatable bonds is 6. The lowest BCUT2D eigenvalue weighted by Gasteiger charge is -2.30. The molecule has 1 aromatic carbocycles. The highest BCUT2D eigenvalue weighted by Gasteiger charge is 2.19. The Kier molecular flexibility index (Phi) is 5.79. The minimum absolute atomic E-state index is 0.134. The number of nitrogens with one attached hydrogen (secondary N) is 2. The van der Waals surface area contributed by atoms with Crippen LogP contribution >= 0.6 is 0 Å². The molecule has 3 rings (SSSR count). The molecule has 1 unspecified atom stereocenters. The number of aromatic amines is 1. The Balaban J connectivity index is 1.65. The lowest BCUT2D eigenvalue weighted by Crippen LogP contribution is -2.45. The van der Waals surface area contributed by atoms with Crippen LogP contribution in [0.5, 0.6) is 0 Å². The molecule has 0 aliphatic carbocycles. The zero-order valence-corrected chi connectivity index (χ0v) is 15.8. The summed E-state index contributed by atoms with van der Waals surface area (Å²) in [5.74, 6) is 0.134. The molecule has 1 aliphatic rings. The lowest BCUT2D eigenvalue weighted by molar-refractivity contribution is -0.121. The largest absolute Gasteiger partial charge is 0.358 e. The van der Waals surface area contributed by atoms with Crippen molar-refractivity contribution in [3.63, 3.8) is 0 Å². The number of aryl methyl sites for hydroxylation is 2. The molecular formula is C21H31N3O. The van der Waals surface area contributed by atoms with Crippen LogP contribution in [0.2, 0.25) is 0 Å². The van der Waals surface area contributed by atoms with Gasteiger partial charge in [0.25, 0.3) is 0 Å². The third-order valence-electron chi connectivity index (χ3n) is 5.49. The molecule has 1 aromatic heterocycles. The normalized spacial score (nSPS) is 16.9. The van der Waals surface area contributed by atoms with Crippen molar-refractivity contribution in [3.8, 4) is 0 Å². The highest BCUT2D eigenvalue weighted by molar-refractivity contribution is 5.91. The summed E-state index contributed by atoms with van der Waals surface area (Å²) in [5, 5.41) is 4.44. The van der Waals surface area contributed by atoms with Crippen LogP contribution in [0.1, 0.15) is 49.4 Å². The number of piperidine rings is 1. The lowest BCUT2D eigenvalue weighted by atomic mass is 10.0. The minimum atomic E-state index is 0.134. The van der Waals surface area contributed by atoms with Gasteiger partial charge in [-0.15, -0.1) is 0 Å². The van der Waals surface area contributed by atoms with Crippen molar-refractivity contribution in [2.75, 3.05) is 19.6 Å². The van der Waals surface area contributed by atoms with Gasteiger partial charge >= 0.3 is 0 Å². The Bertz CT molecular complexity index is 728. The van der Waals surface area contributed by atoms with Crippen LogP contribution in [0.4, 0.5) is 0 Å². The fraction of sp³-hybridized carbons (Fsp3) is 0.571. The number of H-pyrrole nitrogens is 1. The Morgan fingerprint density at radius 2 is 2.00 bits per heavy atom. The fourth-order valence-electron chi connectivity index (χ4n) is 3.95. The zero-order chi connectivity index (χ0) is 17.8. The van der Waals surface area contributed by atoms with Crippen LogP contribution in [0.25, 0.3) is 10.9 Å². The smallest absolute Gasteiger partial charge is 0.224 e. The molecule has 2 heterocycles. The Hall–Kier alpha value is -1.81. The zero-order valence-electron chi connectivity index (χ0n) is 15.8. The molecule has 136 valence electrons. The first kappa shape index (κ1) is 18.0. The number of fused-ring (bicyclic) bond motifs is 1. The van der Waals surface area contributed by atoms with Crippen molar-refractivity contribution in [2.24, 2.45) is 0 Å². The number of benzene rings is 1. The minimum Gasteiger partial charge on any atom is -0.358 e. The number of nitrogens with zero attached hydrogens (tertiary/aromatic N) is 1. The van der Waals surface area contributed by atoms with Crippen molar-refractivity contribution in [2.45, 2.75) is 58.9 Å². The van der Waals surface area contributed by atoms with Crippen molar-refractivity contribution in [1.29, 1.82) is 0 Å². The maximum atomic E-state index is 12.7. The van der Waals surface area contributed by atoms with E-state index in [4.69, 9.17) is 0 Å². The summed E-state index contributed by atoms with van der Waals surface area (Å²) in [6.07, 6.45) is 5.36. The highest BCUT2D eigenvalue weighted by Crippen LogP contribution is 2.25. The van der Waals surface area contributed by atoms with Gasteiger partial charge in [0.15, 0.2) is 0 Å². The predicted molar refractivity (Wildman–Crippen MR) is 104 cm³/mol. The SMILES string of the molecule is CCC(CN1CCCCC1)NC(=O)Cc1c(C)[nH]c2c(C)cccc12. The second-order valence-corrected chi connectivity index (χ2v) is 7.44. The molecule has 4 nitrogen and oxygen atoms in total. The molecule has 2 aromatic rings. The summed E-state index contributed by atoms with van der Waals surface area (Å²) in [5.41, 5.74) is 4.61. The quantitative estimate of drug-likeness (QED) is 0.841. The highest BCUT2D eigenvalue weighted by atomic mass is 16.1. The molecule has 1 atom stereocenters. The molecule has 0 saturated carbocycles. The molecule has 0 bridgehead atoms. The fourth-order valence-corrected chi connectivity index (χ4v) is 3.95. The van der Waals surface area contributed by atoms with Crippen LogP contribution < -0.4 is 5.32 Å². The van der Waals surface area contributed by atoms with Gasteiger partial charge in [-0.1, -0.05) is 31.5 Å². The Morgan fingerprint density at radius 1 is 1.24 bits per heavy atom. The van der Waals surface area contributed by atoms with Gasteiger partial charge < -0.3 is 15.2 Å². The van der Waals surface area contributed by atoms with Crippen molar-refractivity contribution in [3.05, 3.63) is 35.0 Å². The van der Waals surface area contributed by atoms with Crippen LogP contribution in [0.3, 0.4) is 0 Å². The van der Waals surface area contributed by atoms with E-state index >= 15 is 0 Å². The van der Waals surface area contributed by atoms with E-state index in [-0.39, 0.29) is 11.9 Å². The molecule has 1 amide bonds. The standard InChI is InChI=1S/C21H31N3O/c1-4-17(14-24-11-6-5-7-12-24)23-20(25)13-19-16(3)22-21-15(2)9-8-10-18(19)21/h8-10,17,22H,4-7,11-14H2,1-3H3,(H,23,25). The van der Waals surface area contributed by atoms with Crippen LogP contribution in [0.15, 0.2) is 18.2 Å². The van der Waals surface area contributed by atoms with Crippen LogP contribution in [0, 0.1) is 13.8 Å². The third kappa shape index (κ3) is 4.24. The number of carbonyl (C=O) groups is 1. The molecule has 0 radical (unpaired) electrons. The van der Waals surface area contributed by atoms with Crippen molar-refractivity contribution >= 4 is 16.8 Å². The van der Waals surface area contributed by atoms with E-state index in [2.05, 4.69) is 54.2 Å². The first-order valence-corrected chi connectivity index (χ1v) is 9.67.